The van der Waals surface area contributed by atoms with E-state index in [1.165, 1.54) is 0 Å². The molecule has 0 aliphatic heterocycles. The Morgan fingerprint density at radius 3 is 2.65 bits per heavy atom. The number of carboxylic acids is 1. The van der Waals surface area contributed by atoms with E-state index >= 15 is 0 Å². The van der Waals surface area contributed by atoms with Crippen molar-refractivity contribution in [2.45, 2.75) is 25.3 Å². The van der Waals surface area contributed by atoms with E-state index in [2.05, 4.69) is 17.5 Å². The summed E-state index contributed by atoms with van der Waals surface area (Å²) in [7, 11) is 0. The molecule has 17 heavy (non-hydrogen) atoms. The van der Waals surface area contributed by atoms with E-state index in [0.717, 1.165) is 24.9 Å². The zero-order valence-corrected chi connectivity index (χ0v) is 9.67. The first-order chi connectivity index (χ1) is 8.27. The molecule has 2 rings (SSSR count). The van der Waals surface area contributed by atoms with Crippen molar-refractivity contribution in [1.29, 1.82) is 0 Å². The minimum Gasteiger partial charge on any atom is -0.480 e. The van der Waals surface area contributed by atoms with E-state index in [0.29, 0.717) is 0 Å². The molecule has 1 aromatic carbocycles. The Kier molecular flexibility index (Phi) is 3.81. The van der Waals surface area contributed by atoms with Crippen LogP contribution in [0, 0.1) is 5.92 Å². The van der Waals surface area contributed by atoms with Crippen LogP contribution < -0.4 is 5.32 Å². The lowest BCUT2D eigenvalue weighted by Gasteiger charge is -2.26. The molecule has 0 saturated heterocycles. The Balaban J connectivity index is 2.07. The average Bonchev–Trinajstić information content (AvgIpc) is 2.38. The maximum absolute atomic E-state index is 11.3. The molecule has 3 nitrogen and oxygen atoms in total. The Hall–Kier alpha value is -1.77. The summed E-state index contributed by atoms with van der Waals surface area (Å²) in [6, 6.07) is 9.03. The highest BCUT2D eigenvalue weighted by Gasteiger charge is 2.27. The average molecular weight is 231 g/mol. The van der Waals surface area contributed by atoms with Gasteiger partial charge in [0, 0.05) is 5.69 Å². The van der Waals surface area contributed by atoms with Crippen LogP contribution in [-0.2, 0) is 4.79 Å². The van der Waals surface area contributed by atoms with Gasteiger partial charge in [-0.25, -0.2) is 4.79 Å². The topological polar surface area (TPSA) is 49.3 Å². The number of hydrogen-bond donors (Lipinski definition) is 2. The van der Waals surface area contributed by atoms with Gasteiger partial charge in [0.15, 0.2) is 0 Å². The molecule has 0 radical (unpaired) electrons. The molecule has 0 fully saturated rings. The van der Waals surface area contributed by atoms with Crippen LogP contribution in [0.3, 0.4) is 0 Å². The predicted octanol–water partition coefficient (Wildman–Crippen LogP) is 2.91. The molecule has 1 aliphatic carbocycles. The number of carbonyl (C=O) groups is 1. The number of aliphatic carboxylic acids is 1. The van der Waals surface area contributed by atoms with Gasteiger partial charge in [0.1, 0.15) is 6.04 Å². The minimum atomic E-state index is -0.769. The molecule has 90 valence electrons. The number of anilines is 1. The summed E-state index contributed by atoms with van der Waals surface area (Å²) in [6.07, 6.45) is 6.96. The van der Waals surface area contributed by atoms with Crippen molar-refractivity contribution >= 4 is 11.7 Å². The van der Waals surface area contributed by atoms with Crippen molar-refractivity contribution in [3.63, 3.8) is 0 Å². The summed E-state index contributed by atoms with van der Waals surface area (Å²) in [6.45, 7) is 0. The normalized spacial score (nSPS) is 20.8. The molecule has 2 N–H and O–H groups in total. The first kappa shape index (κ1) is 11.7. The Morgan fingerprint density at radius 1 is 1.29 bits per heavy atom. The molecule has 2 atom stereocenters. The molecule has 0 spiro atoms. The van der Waals surface area contributed by atoms with Crippen molar-refractivity contribution in [2.75, 3.05) is 5.32 Å². The molecule has 2 unspecified atom stereocenters. The fourth-order valence-electron chi connectivity index (χ4n) is 2.21. The number of allylic oxidation sites excluding steroid dienone is 2. The van der Waals surface area contributed by atoms with Crippen LogP contribution in [0.15, 0.2) is 42.5 Å². The third-order valence-corrected chi connectivity index (χ3v) is 3.14. The highest BCUT2D eigenvalue weighted by Crippen LogP contribution is 2.24. The molecule has 0 aromatic heterocycles. The molecule has 0 bridgehead atoms. The van der Waals surface area contributed by atoms with E-state index in [-0.39, 0.29) is 5.92 Å². The number of benzene rings is 1. The second kappa shape index (κ2) is 5.53. The van der Waals surface area contributed by atoms with Crippen LogP contribution in [0.4, 0.5) is 5.69 Å². The molecular formula is C14H17NO2. The van der Waals surface area contributed by atoms with Gasteiger partial charge in [0.05, 0.1) is 0 Å². The Morgan fingerprint density at radius 2 is 2.06 bits per heavy atom. The first-order valence-corrected chi connectivity index (χ1v) is 5.97. The summed E-state index contributed by atoms with van der Waals surface area (Å²) in [5, 5.41) is 12.4. The monoisotopic (exact) mass is 231 g/mol. The van der Waals surface area contributed by atoms with Crippen molar-refractivity contribution in [1.82, 2.24) is 0 Å². The Labute approximate surface area is 101 Å². The summed E-state index contributed by atoms with van der Waals surface area (Å²) < 4.78 is 0. The van der Waals surface area contributed by atoms with Crippen LogP contribution in [-0.4, -0.2) is 17.1 Å². The highest BCUT2D eigenvalue weighted by atomic mass is 16.4. The van der Waals surface area contributed by atoms with Crippen molar-refractivity contribution in [2.24, 2.45) is 5.92 Å². The van der Waals surface area contributed by atoms with Crippen LogP contribution in [0.5, 0.6) is 0 Å². The molecule has 0 amide bonds. The van der Waals surface area contributed by atoms with Crippen LogP contribution >= 0.6 is 0 Å². The van der Waals surface area contributed by atoms with Gasteiger partial charge in [-0.1, -0.05) is 30.4 Å². The molecule has 0 saturated carbocycles. The van der Waals surface area contributed by atoms with Gasteiger partial charge in [-0.05, 0) is 37.3 Å². The number of para-hydroxylation sites is 1. The largest absolute Gasteiger partial charge is 0.480 e. The van der Waals surface area contributed by atoms with E-state index in [9.17, 15) is 9.90 Å². The Bertz CT molecular complexity index is 400. The maximum Gasteiger partial charge on any atom is 0.326 e. The number of rotatable bonds is 4. The lowest BCUT2D eigenvalue weighted by Crippen LogP contribution is -2.37. The van der Waals surface area contributed by atoms with Crippen molar-refractivity contribution < 1.29 is 9.90 Å². The van der Waals surface area contributed by atoms with Gasteiger partial charge in [-0.2, -0.15) is 0 Å². The standard InChI is InChI=1S/C14H17NO2/c16-14(17)13(11-7-3-1-4-8-11)15-12-9-5-2-6-10-12/h1-3,5-6,9-11,13,15H,4,7-8H2,(H,16,17). The number of nitrogens with one attached hydrogen (secondary N) is 1. The summed E-state index contributed by atoms with van der Waals surface area (Å²) in [4.78, 5) is 11.3. The third kappa shape index (κ3) is 3.09. The quantitative estimate of drug-likeness (QED) is 0.783. The predicted molar refractivity (Wildman–Crippen MR) is 68.0 cm³/mol. The highest BCUT2D eigenvalue weighted by molar-refractivity contribution is 5.77. The van der Waals surface area contributed by atoms with Crippen molar-refractivity contribution in [3.05, 3.63) is 42.5 Å². The van der Waals surface area contributed by atoms with Gasteiger partial charge in [-0.15, -0.1) is 0 Å². The lowest BCUT2D eigenvalue weighted by atomic mass is 9.87. The zero-order valence-electron chi connectivity index (χ0n) is 9.67. The minimum absolute atomic E-state index is 0.178. The molecule has 1 aliphatic rings. The SMILES string of the molecule is O=C(O)C(Nc1ccccc1)C1CC=CCC1. The first-order valence-electron chi connectivity index (χ1n) is 5.97. The van der Waals surface area contributed by atoms with Crippen LogP contribution in [0.1, 0.15) is 19.3 Å². The second-order valence-electron chi connectivity index (χ2n) is 4.37. The summed E-state index contributed by atoms with van der Waals surface area (Å²) >= 11 is 0. The smallest absolute Gasteiger partial charge is 0.326 e. The van der Waals surface area contributed by atoms with Crippen LogP contribution in [0.25, 0.3) is 0 Å². The van der Waals surface area contributed by atoms with Gasteiger partial charge < -0.3 is 10.4 Å². The number of hydrogen-bond acceptors (Lipinski definition) is 2. The van der Waals surface area contributed by atoms with Gasteiger partial charge in [-0.3, -0.25) is 0 Å². The van der Waals surface area contributed by atoms with Gasteiger partial charge >= 0.3 is 5.97 Å². The van der Waals surface area contributed by atoms with E-state index < -0.39 is 12.0 Å². The van der Waals surface area contributed by atoms with Gasteiger partial charge in [0.2, 0.25) is 0 Å². The van der Waals surface area contributed by atoms with Crippen LogP contribution in [0.2, 0.25) is 0 Å². The maximum atomic E-state index is 11.3. The summed E-state index contributed by atoms with van der Waals surface area (Å²) in [5.74, 6) is -0.591. The second-order valence-corrected chi connectivity index (χ2v) is 4.37. The summed E-state index contributed by atoms with van der Waals surface area (Å²) in [5.41, 5.74) is 0.870. The molecular weight excluding hydrogens is 214 g/mol. The fourth-order valence-corrected chi connectivity index (χ4v) is 2.21. The fraction of sp³-hybridized carbons (Fsp3) is 0.357. The van der Waals surface area contributed by atoms with Gasteiger partial charge in [0.25, 0.3) is 0 Å². The zero-order chi connectivity index (χ0) is 12.1. The number of carboxylic acid groups (broad SMARTS) is 1. The van der Waals surface area contributed by atoms with E-state index in [1.807, 2.05) is 30.3 Å². The van der Waals surface area contributed by atoms with E-state index in [4.69, 9.17) is 0 Å². The lowest BCUT2D eigenvalue weighted by molar-refractivity contribution is -0.139. The molecule has 3 heteroatoms. The third-order valence-electron chi connectivity index (χ3n) is 3.14. The van der Waals surface area contributed by atoms with Crippen molar-refractivity contribution in [3.8, 4) is 0 Å². The van der Waals surface area contributed by atoms with E-state index in [1.54, 1.807) is 0 Å². The molecule has 1 aromatic rings. The molecule has 0 heterocycles.